The second-order valence-corrected chi connectivity index (χ2v) is 4.85. The fraction of sp³-hybridized carbons (Fsp3) is 0.545. The summed E-state index contributed by atoms with van der Waals surface area (Å²) in [6.07, 6.45) is 5.91. The first-order valence-electron chi connectivity index (χ1n) is 5.04. The van der Waals surface area contributed by atoms with Crippen LogP contribution in [0.2, 0.25) is 0 Å². The molecule has 0 aliphatic heterocycles. The van der Waals surface area contributed by atoms with Gasteiger partial charge in [0.15, 0.2) is 0 Å². The van der Waals surface area contributed by atoms with E-state index in [1.807, 2.05) is 12.1 Å². The third kappa shape index (κ3) is 2.34. The molecule has 0 aromatic carbocycles. The van der Waals surface area contributed by atoms with E-state index in [1.54, 1.807) is 6.20 Å². The molecule has 1 unspecified atom stereocenters. The SMILES string of the molecule is OC(Cc1ccc(Br)cn1)C1CCC1. The molecule has 2 rings (SSSR count). The smallest absolute Gasteiger partial charge is 0.0623 e. The predicted octanol–water partition coefficient (Wildman–Crippen LogP) is 2.55. The van der Waals surface area contributed by atoms with Crippen LogP contribution in [0.3, 0.4) is 0 Å². The van der Waals surface area contributed by atoms with E-state index in [0.29, 0.717) is 12.3 Å². The Hall–Kier alpha value is -0.410. The molecule has 0 amide bonds. The first-order valence-corrected chi connectivity index (χ1v) is 5.83. The molecule has 0 saturated heterocycles. The van der Waals surface area contributed by atoms with Crippen molar-refractivity contribution in [2.24, 2.45) is 5.92 Å². The largest absolute Gasteiger partial charge is 0.392 e. The fourth-order valence-electron chi connectivity index (χ4n) is 1.73. The van der Waals surface area contributed by atoms with E-state index in [9.17, 15) is 5.11 Å². The maximum Gasteiger partial charge on any atom is 0.0623 e. The molecular weight excluding hydrogens is 242 g/mol. The molecule has 0 bridgehead atoms. The zero-order valence-corrected chi connectivity index (χ0v) is 9.57. The Bertz CT molecular complexity index is 295. The zero-order valence-electron chi connectivity index (χ0n) is 7.99. The summed E-state index contributed by atoms with van der Waals surface area (Å²) in [5, 5.41) is 9.84. The average molecular weight is 256 g/mol. The highest BCUT2D eigenvalue weighted by Gasteiger charge is 2.25. The zero-order chi connectivity index (χ0) is 9.97. The first-order chi connectivity index (χ1) is 6.75. The van der Waals surface area contributed by atoms with Crippen LogP contribution >= 0.6 is 15.9 Å². The van der Waals surface area contributed by atoms with E-state index < -0.39 is 0 Å². The van der Waals surface area contributed by atoms with Crippen molar-refractivity contribution in [3.63, 3.8) is 0 Å². The molecule has 76 valence electrons. The maximum absolute atomic E-state index is 9.84. The van der Waals surface area contributed by atoms with Gasteiger partial charge in [-0.2, -0.15) is 0 Å². The average Bonchev–Trinajstić information content (AvgIpc) is 2.06. The van der Waals surface area contributed by atoms with Crippen molar-refractivity contribution in [2.75, 3.05) is 0 Å². The third-order valence-corrected chi connectivity index (χ3v) is 3.37. The highest BCUT2D eigenvalue weighted by Crippen LogP contribution is 2.30. The summed E-state index contributed by atoms with van der Waals surface area (Å²) in [5.74, 6) is 0.514. The van der Waals surface area contributed by atoms with E-state index in [2.05, 4.69) is 20.9 Å². The van der Waals surface area contributed by atoms with Gasteiger partial charge in [0, 0.05) is 22.8 Å². The summed E-state index contributed by atoms with van der Waals surface area (Å²) >= 11 is 3.34. The lowest BCUT2D eigenvalue weighted by Gasteiger charge is -2.30. The second kappa shape index (κ2) is 4.41. The van der Waals surface area contributed by atoms with Crippen LogP contribution in [0.5, 0.6) is 0 Å². The molecule has 1 saturated carbocycles. The number of pyridine rings is 1. The first kappa shape index (κ1) is 10.1. The molecule has 1 fully saturated rings. The minimum absolute atomic E-state index is 0.197. The minimum Gasteiger partial charge on any atom is -0.392 e. The quantitative estimate of drug-likeness (QED) is 0.901. The normalized spacial score (nSPS) is 19.0. The van der Waals surface area contributed by atoms with Crippen molar-refractivity contribution < 1.29 is 5.11 Å². The Morgan fingerprint density at radius 3 is 2.79 bits per heavy atom. The van der Waals surface area contributed by atoms with E-state index in [1.165, 1.54) is 19.3 Å². The van der Waals surface area contributed by atoms with Gasteiger partial charge in [-0.25, -0.2) is 0 Å². The molecule has 0 spiro atoms. The van der Waals surface area contributed by atoms with Gasteiger partial charge >= 0.3 is 0 Å². The van der Waals surface area contributed by atoms with Crippen LogP contribution in [0.4, 0.5) is 0 Å². The molecule has 1 aromatic heterocycles. The number of aliphatic hydroxyl groups is 1. The molecule has 2 nitrogen and oxygen atoms in total. The van der Waals surface area contributed by atoms with Crippen LogP contribution in [-0.2, 0) is 6.42 Å². The summed E-state index contributed by atoms with van der Waals surface area (Å²) in [7, 11) is 0. The van der Waals surface area contributed by atoms with Crippen LogP contribution in [0, 0.1) is 5.92 Å². The van der Waals surface area contributed by atoms with Crippen molar-refractivity contribution in [1.29, 1.82) is 0 Å². The lowest BCUT2D eigenvalue weighted by atomic mass is 9.80. The monoisotopic (exact) mass is 255 g/mol. The van der Waals surface area contributed by atoms with Gasteiger partial charge in [0.1, 0.15) is 0 Å². The Morgan fingerprint density at radius 2 is 2.29 bits per heavy atom. The Labute approximate surface area is 92.5 Å². The summed E-state index contributed by atoms with van der Waals surface area (Å²) in [4.78, 5) is 4.25. The van der Waals surface area contributed by atoms with Crippen molar-refractivity contribution in [1.82, 2.24) is 4.98 Å². The van der Waals surface area contributed by atoms with Crippen LogP contribution in [-0.4, -0.2) is 16.2 Å². The summed E-state index contributed by atoms with van der Waals surface area (Å²) < 4.78 is 0.986. The topological polar surface area (TPSA) is 33.1 Å². The number of halogens is 1. The third-order valence-electron chi connectivity index (χ3n) is 2.90. The minimum atomic E-state index is -0.197. The standard InChI is InChI=1S/C11H14BrNO/c12-9-4-5-10(13-7-9)6-11(14)8-2-1-3-8/h4-5,7-8,11,14H,1-3,6H2. The Kier molecular flexibility index (Phi) is 3.19. The van der Waals surface area contributed by atoms with E-state index in [-0.39, 0.29) is 6.10 Å². The van der Waals surface area contributed by atoms with Crippen LogP contribution < -0.4 is 0 Å². The van der Waals surface area contributed by atoms with Crippen molar-refractivity contribution in [3.05, 3.63) is 28.5 Å². The second-order valence-electron chi connectivity index (χ2n) is 3.93. The molecular formula is C11H14BrNO. The molecule has 1 atom stereocenters. The number of hydrogen-bond acceptors (Lipinski definition) is 2. The van der Waals surface area contributed by atoms with Crippen LogP contribution in [0.15, 0.2) is 22.8 Å². The van der Waals surface area contributed by atoms with Gasteiger partial charge in [-0.3, -0.25) is 4.98 Å². The molecule has 1 aliphatic carbocycles. The van der Waals surface area contributed by atoms with Gasteiger partial charge in [0.2, 0.25) is 0 Å². The highest BCUT2D eigenvalue weighted by molar-refractivity contribution is 9.10. The van der Waals surface area contributed by atoms with E-state index >= 15 is 0 Å². The highest BCUT2D eigenvalue weighted by atomic mass is 79.9. The molecule has 14 heavy (non-hydrogen) atoms. The number of rotatable bonds is 3. The fourth-order valence-corrected chi connectivity index (χ4v) is 1.97. The molecule has 1 aliphatic rings. The Balaban J connectivity index is 1.92. The van der Waals surface area contributed by atoms with Gasteiger partial charge in [-0.05, 0) is 46.8 Å². The molecule has 1 aromatic rings. The van der Waals surface area contributed by atoms with Crippen LogP contribution in [0.25, 0.3) is 0 Å². The number of hydrogen-bond donors (Lipinski definition) is 1. The summed E-state index contributed by atoms with van der Waals surface area (Å²) in [6, 6.07) is 3.93. The summed E-state index contributed by atoms with van der Waals surface area (Å²) in [5.41, 5.74) is 0.979. The van der Waals surface area contributed by atoms with Crippen molar-refractivity contribution in [2.45, 2.75) is 31.8 Å². The van der Waals surface area contributed by atoms with Gasteiger partial charge in [-0.1, -0.05) is 6.42 Å². The number of nitrogens with zero attached hydrogens (tertiary/aromatic N) is 1. The van der Waals surface area contributed by atoms with E-state index in [4.69, 9.17) is 0 Å². The van der Waals surface area contributed by atoms with Gasteiger partial charge in [-0.15, -0.1) is 0 Å². The lowest BCUT2D eigenvalue weighted by Crippen LogP contribution is -2.28. The Morgan fingerprint density at radius 1 is 1.50 bits per heavy atom. The van der Waals surface area contributed by atoms with Gasteiger partial charge < -0.3 is 5.11 Å². The van der Waals surface area contributed by atoms with Crippen molar-refractivity contribution in [3.8, 4) is 0 Å². The molecule has 1 N–H and O–H groups in total. The number of aliphatic hydroxyl groups excluding tert-OH is 1. The lowest BCUT2D eigenvalue weighted by molar-refractivity contribution is 0.0622. The molecule has 0 radical (unpaired) electrons. The number of aromatic nitrogens is 1. The maximum atomic E-state index is 9.84. The van der Waals surface area contributed by atoms with Gasteiger partial charge in [0.25, 0.3) is 0 Å². The van der Waals surface area contributed by atoms with E-state index in [0.717, 1.165) is 10.2 Å². The molecule has 3 heteroatoms. The molecule has 1 heterocycles. The predicted molar refractivity (Wildman–Crippen MR) is 59.0 cm³/mol. The summed E-state index contributed by atoms with van der Waals surface area (Å²) in [6.45, 7) is 0. The van der Waals surface area contributed by atoms with Crippen LogP contribution in [0.1, 0.15) is 25.0 Å². The van der Waals surface area contributed by atoms with Crippen molar-refractivity contribution >= 4 is 15.9 Å². The van der Waals surface area contributed by atoms with Gasteiger partial charge in [0.05, 0.1) is 6.10 Å².